The van der Waals surface area contributed by atoms with Crippen molar-refractivity contribution in [2.45, 2.75) is 70.9 Å². The van der Waals surface area contributed by atoms with Crippen LogP contribution in [0.25, 0.3) is 0 Å². The highest BCUT2D eigenvalue weighted by Crippen LogP contribution is 2.22. The summed E-state index contributed by atoms with van der Waals surface area (Å²) in [5.74, 6) is -0.0851. The molecule has 1 fully saturated rings. The summed E-state index contributed by atoms with van der Waals surface area (Å²) in [7, 11) is 1.31. The molecule has 1 aliphatic heterocycles. The zero-order valence-electron chi connectivity index (χ0n) is 22.8. The molecule has 1 aliphatic rings. The fourth-order valence-electron chi connectivity index (χ4n) is 4.62. The summed E-state index contributed by atoms with van der Waals surface area (Å²) >= 11 is 0. The van der Waals surface area contributed by atoms with Gasteiger partial charge < -0.3 is 19.7 Å². The fraction of sp³-hybridized carbons (Fsp3) is 0.500. The van der Waals surface area contributed by atoms with Crippen molar-refractivity contribution in [1.29, 1.82) is 0 Å². The second-order valence-corrected chi connectivity index (χ2v) is 10.9. The van der Waals surface area contributed by atoms with Gasteiger partial charge in [-0.3, -0.25) is 9.59 Å². The molecule has 1 heterocycles. The summed E-state index contributed by atoms with van der Waals surface area (Å²) in [6, 6.07) is 13.0. The standard InChI is InChI=1S/C30H39FN2O5/c1-30(2,3)38-25-11-8-22(9-12-25)19-26(29(36)37-4)32-27(34)20-23-14-16-33(17-15-23)28(35)13-10-21-6-5-7-24(31)18-21/h5-9,11-12,18,23,26H,10,13-17,19-20H2,1-4H3,(H,32,34)/t26-/m0/s1. The molecule has 0 radical (unpaired) electrons. The Bertz CT molecular complexity index is 1090. The van der Waals surface area contributed by atoms with E-state index in [2.05, 4.69) is 5.32 Å². The third-order valence-electron chi connectivity index (χ3n) is 6.57. The first-order valence-corrected chi connectivity index (χ1v) is 13.2. The van der Waals surface area contributed by atoms with Gasteiger partial charge in [-0.05, 0) is 81.3 Å². The van der Waals surface area contributed by atoms with Crippen LogP contribution in [0.15, 0.2) is 48.5 Å². The highest BCUT2D eigenvalue weighted by Gasteiger charge is 2.27. The number of carbonyl (C=O) groups is 3. The Labute approximate surface area is 224 Å². The van der Waals surface area contributed by atoms with Crippen LogP contribution in [0, 0.1) is 11.7 Å². The molecular formula is C30H39FN2O5. The monoisotopic (exact) mass is 526 g/mol. The van der Waals surface area contributed by atoms with Crippen LogP contribution in [0.5, 0.6) is 5.75 Å². The van der Waals surface area contributed by atoms with Crippen LogP contribution in [0.1, 0.15) is 57.6 Å². The summed E-state index contributed by atoms with van der Waals surface area (Å²) < 4.78 is 24.1. The lowest BCUT2D eigenvalue weighted by molar-refractivity contribution is -0.145. The van der Waals surface area contributed by atoms with Crippen LogP contribution in [0.3, 0.4) is 0 Å². The highest BCUT2D eigenvalue weighted by atomic mass is 19.1. The van der Waals surface area contributed by atoms with Crippen LogP contribution < -0.4 is 10.1 Å². The van der Waals surface area contributed by atoms with Crippen molar-refractivity contribution in [3.05, 3.63) is 65.5 Å². The molecule has 0 spiro atoms. The Hall–Kier alpha value is -3.42. The quantitative estimate of drug-likeness (QED) is 0.462. The van der Waals surface area contributed by atoms with Crippen LogP contribution >= 0.6 is 0 Å². The molecule has 0 unspecified atom stereocenters. The second-order valence-electron chi connectivity index (χ2n) is 10.9. The molecule has 0 bridgehead atoms. The van der Waals surface area contributed by atoms with E-state index in [9.17, 15) is 18.8 Å². The number of nitrogens with zero attached hydrogens (tertiary/aromatic N) is 1. The molecule has 1 saturated heterocycles. The first-order chi connectivity index (χ1) is 18.0. The number of amides is 2. The van der Waals surface area contributed by atoms with Gasteiger partial charge in [-0.25, -0.2) is 9.18 Å². The molecule has 1 N–H and O–H groups in total. The predicted molar refractivity (Wildman–Crippen MR) is 143 cm³/mol. The number of halogens is 1. The molecule has 0 aromatic heterocycles. The maximum absolute atomic E-state index is 13.4. The molecule has 3 rings (SSSR count). The third-order valence-corrected chi connectivity index (χ3v) is 6.57. The van der Waals surface area contributed by atoms with Gasteiger partial charge in [-0.2, -0.15) is 0 Å². The minimum absolute atomic E-state index is 0.0434. The van der Waals surface area contributed by atoms with Crippen molar-refractivity contribution in [2.75, 3.05) is 20.2 Å². The van der Waals surface area contributed by atoms with E-state index in [-0.39, 0.29) is 35.6 Å². The Balaban J connectivity index is 1.45. The predicted octanol–water partition coefficient (Wildman–Crippen LogP) is 4.46. The minimum atomic E-state index is -0.786. The van der Waals surface area contributed by atoms with E-state index in [1.165, 1.54) is 19.2 Å². The Morgan fingerprint density at radius 1 is 1.05 bits per heavy atom. The second kappa shape index (κ2) is 13.4. The Morgan fingerprint density at radius 3 is 2.34 bits per heavy atom. The summed E-state index contributed by atoms with van der Waals surface area (Å²) in [5.41, 5.74) is 1.38. The van der Waals surface area contributed by atoms with E-state index in [1.54, 1.807) is 6.07 Å². The number of benzene rings is 2. The normalized spacial score (nSPS) is 15.0. The van der Waals surface area contributed by atoms with Crippen LogP contribution in [0.4, 0.5) is 4.39 Å². The number of methoxy groups -OCH3 is 1. The Morgan fingerprint density at radius 2 is 1.74 bits per heavy atom. The smallest absolute Gasteiger partial charge is 0.328 e. The number of likely N-dealkylation sites (tertiary alicyclic amines) is 1. The van der Waals surface area contributed by atoms with Gasteiger partial charge in [0.1, 0.15) is 23.2 Å². The number of rotatable bonds is 10. The van der Waals surface area contributed by atoms with E-state index in [0.717, 1.165) is 29.7 Å². The molecular weight excluding hydrogens is 487 g/mol. The van der Waals surface area contributed by atoms with Gasteiger partial charge in [0.05, 0.1) is 7.11 Å². The van der Waals surface area contributed by atoms with E-state index < -0.39 is 12.0 Å². The number of nitrogens with one attached hydrogen (secondary N) is 1. The first kappa shape index (κ1) is 29.1. The van der Waals surface area contributed by atoms with Gasteiger partial charge in [-0.1, -0.05) is 24.3 Å². The molecule has 0 saturated carbocycles. The Kier molecular flexibility index (Phi) is 10.3. The van der Waals surface area contributed by atoms with Crippen LogP contribution in [-0.4, -0.2) is 54.5 Å². The van der Waals surface area contributed by atoms with Crippen molar-refractivity contribution in [3.63, 3.8) is 0 Å². The van der Waals surface area contributed by atoms with Crippen molar-refractivity contribution >= 4 is 17.8 Å². The number of aryl methyl sites for hydroxylation is 1. The molecule has 1 atom stereocenters. The first-order valence-electron chi connectivity index (χ1n) is 13.2. The van der Waals surface area contributed by atoms with Crippen LogP contribution in [0.2, 0.25) is 0 Å². The zero-order chi connectivity index (χ0) is 27.7. The fourth-order valence-corrected chi connectivity index (χ4v) is 4.62. The number of ether oxygens (including phenoxy) is 2. The topological polar surface area (TPSA) is 84.9 Å². The number of carbonyl (C=O) groups excluding carboxylic acids is 3. The minimum Gasteiger partial charge on any atom is -0.488 e. The lowest BCUT2D eigenvalue weighted by Gasteiger charge is -2.32. The van der Waals surface area contributed by atoms with Gasteiger partial charge in [0.2, 0.25) is 11.8 Å². The molecule has 38 heavy (non-hydrogen) atoms. The number of hydrogen-bond acceptors (Lipinski definition) is 5. The number of esters is 1. The maximum Gasteiger partial charge on any atom is 0.328 e. The van der Waals surface area contributed by atoms with Crippen molar-refractivity contribution in [1.82, 2.24) is 10.2 Å². The molecule has 8 heteroatoms. The molecule has 2 aromatic carbocycles. The molecule has 206 valence electrons. The summed E-state index contributed by atoms with van der Waals surface area (Å²) in [6.07, 6.45) is 2.87. The van der Waals surface area contributed by atoms with Crippen molar-refractivity contribution in [3.8, 4) is 5.75 Å². The average Bonchev–Trinajstić information content (AvgIpc) is 2.87. The third kappa shape index (κ3) is 9.47. The van der Waals surface area contributed by atoms with Crippen LogP contribution in [-0.2, 0) is 32.0 Å². The van der Waals surface area contributed by atoms with E-state index in [0.29, 0.717) is 32.4 Å². The van der Waals surface area contributed by atoms with Crippen molar-refractivity contribution < 1.29 is 28.2 Å². The van der Waals surface area contributed by atoms with Gasteiger partial charge in [0.15, 0.2) is 0 Å². The van der Waals surface area contributed by atoms with E-state index in [1.807, 2.05) is 56.0 Å². The summed E-state index contributed by atoms with van der Waals surface area (Å²) in [5, 5.41) is 2.84. The van der Waals surface area contributed by atoms with Gasteiger partial charge in [0, 0.05) is 32.4 Å². The lowest BCUT2D eigenvalue weighted by Crippen LogP contribution is -2.44. The van der Waals surface area contributed by atoms with E-state index >= 15 is 0 Å². The summed E-state index contributed by atoms with van der Waals surface area (Å²) in [6.45, 7) is 7.09. The van der Waals surface area contributed by atoms with E-state index in [4.69, 9.17) is 9.47 Å². The lowest BCUT2D eigenvalue weighted by atomic mass is 9.92. The van der Waals surface area contributed by atoms with Gasteiger partial charge in [-0.15, -0.1) is 0 Å². The average molecular weight is 527 g/mol. The SMILES string of the molecule is COC(=O)[C@H](Cc1ccc(OC(C)(C)C)cc1)NC(=O)CC1CCN(C(=O)CCc2cccc(F)c2)CC1. The number of piperidine rings is 1. The molecule has 0 aliphatic carbocycles. The summed E-state index contributed by atoms with van der Waals surface area (Å²) in [4.78, 5) is 39.6. The molecule has 2 aromatic rings. The largest absolute Gasteiger partial charge is 0.488 e. The zero-order valence-corrected chi connectivity index (χ0v) is 22.8. The maximum atomic E-state index is 13.4. The number of hydrogen-bond donors (Lipinski definition) is 1. The van der Waals surface area contributed by atoms with Crippen molar-refractivity contribution in [2.24, 2.45) is 5.92 Å². The van der Waals surface area contributed by atoms with Gasteiger partial charge >= 0.3 is 5.97 Å². The van der Waals surface area contributed by atoms with Gasteiger partial charge in [0.25, 0.3) is 0 Å². The molecule has 2 amide bonds. The highest BCUT2D eigenvalue weighted by molar-refractivity contribution is 5.84. The molecule has 7 nitrogen and oxygen atoms in total.